The molecule has 1 saturated heterocycles. The monoisotopic (exact) mass is 347 g/mol. The fourth-order valence-corrected chi connectivity index (χ4v) is 4.06. The van der Waals surface area contributed by atoms with Gasteiger partial charge in [0.2, 0.25) is 0 Å². The van der Waals surface area contributed by atoms with E-state index in [9.17, 15) is 0 Å². The Morgan fingerprint density at radius 1 is 1.16 bits per heavy atom. The normalized spacial score (nSPS) is 30.2. The molecule has 1 aromatic carbocycles. The van der Waals surface area contributed by atoms with Crippen molar-refractivity contribution in [3.63, 3.8) is 0 Å². The number of nitrogens with two attached hydrogens (primary N) is 1. The number of rotatable bonds is 5. The van der Waals surface area contributed by atoms with Crippen LogP contribution in [0.3, 0.4) is 0 Å². The summed E-state index contributed by atoms with van der Waals surface area (Å²) in [6.07, 6.45) is 5.25. The Morgan fingerprint density at radius 2 is 1.84 bits per heavy atom. The van der Waals surface area contributed by atoms with Crippen molar-refractivity contribution in [3.8, 4) is 5.75 Å². The van der Waals surface area contributed by atoms with E-state index in [1.54, 1.807) is 7.11 Å². The molecule has 140 valence electrons. The van der Waals surface area contributed by atoms with E-state index < -0.39 is 0 Å². The van der Waals surface area contributed by atoms with Gasteiger partial charge in [-0.05, 0) is 57.6 Å². The summed E-state index contributed by atoms with van der Waals surface area (Å²) in [7, 11) is 1.74. The van der Waals surface area contributed by atoms with Crippen molar-refractivity contribution >= 4 is 11.4 Å². The van der Waals surface area contributed by atoms with Crippen molar-refractivity contribution in [2.24, 2.45) is 11.7 Å². The number of methoxy groups -OCH3 is 1. The minimum atomic E-state index is 0.255. The number of nitrogens with one attached hydrogen (secondary N) is 1. The fourth-order valence-electron chi connectivity index (χ4n) is 4.06. The lowest BCUT2D eigenvalue weighted by atomic mass is 9.86. The van der Waals surface area contributed by atoms with Gasteiger partial charge in [0.05, 0.1) is 25.0 Å². The molecule has 5 heteroatoms. The molecule has 3 N–H and O–H groups in total. The summed E-state index contributed by atoms with van der Waals surface area (Å²) < 4.78 is 11.5. The molecule has 5 nitrogen and oxygen atoms in total. The Labute approximate surface area is 151 Å². The lowest BCUT2D eigenvalue weighted by Crippen LogP contribution is -2.45. The number of anilines is 2. The maximum absolute atomic E-state index is 6.00. The zero-order chi connectivity index (χ0) is 17.8. The summed E-state index contributed by atoms with van der Waals surface area (Å²) in [5.74, 6) is 1.63. The highest BCUT2D eigenvalue weighted by Gasteiger charge is 2.23. The highest BCUT2D eigenvalue weighted by Crippen LogP contribution is 2.32. The van der Waals surface area contributed by atoms with Crippen LogP contribution in [0.15, 0.2) is 18.2 Å². The molecule has 1 aliphatic heterocycles. The first-order valence-corrected chi connectivity index (χ1v) is 9.63. The van der Waals surface area contributed by atoms with E-state index in [4.69, 9.17) is 15.2 Å². The third kappa shape index (κ3) is 4.79. The smallest absolute Gasteiger partial charge is 0.144 e. The van der Waals surface area contributed by atoms with E-state index in [0.29, 0.717) is 12.0 Å². The van der Waals surface area contributed by atoms with Crippen molar-refractivity contribution in [3.05, 3.63) is 18.2 Å². The largest absolute Gasteiger partial charge is 0.495 e. The average molecular weight is 348 g/mol. The number of ether oxygens (including phenoxy) is 2. The van der Waals surface area contributed by atoms with Gasteiger partial charge in [0, 0.05) is 37.4 Å². The first-order valence-electron chi connectivity index (χ1n) is 9.63. The maximum atomic E-state index is 6.00. The van der Waals surface area contributed by atoms with E-state index >= 15 is 0 Å². The lowest BCUT2D eigenvalue weighted by molar-refractivity contribution is -0.00522. The summed E-state index contributed by atoms with van der Waals surface area (Å²) in [4.78, 5) is 2.38. The number of hydrogen-bond donors (Lipinski definition) is 2. The Morgan fingerprint density at radius 3 is 2.48 bits per heavy atom. The Kier molecular flexibility index (Phi) is 6.07. The minimum Gasteiger partial charge on any atom is -0.495 e. The second-order valence-corrected chi connectivity index (χ2v) is 7.71. The van der Waals surface area contributed by atoms with E-state index in [1.807, 2.05) is 0 Å². The molecule has 2 aliphatic rings. The molecule has 0 amide bonds. The first-order chi connectivity index (χ1) is 12.0. The van der Waals surface area contributed by atoms with Crippen LogP contribution < -0.4 is 20.7 Å². The molecular formula is C20H33N3O2. The molecule has 0 spiro atoms. The zero-order valence-electron chi connectivity index (χ0n) is 15.8. The molecule has 0 aromatic heterocycles. The zero-order valence-corrected chi connectivity index (χ0v) is 15.8. The molecule has 2 fully saturated rings. The molecular weight excluding hydrogens is 314 g/mol. The van der Waals surface area contributed by atoms with Crippen LogP contribution in [0.25, 0.3) is 0 Å². The average Bonchev–Trinajstić information content (AvgIpc) is 2.60. The molecule has 1 aromatic rings. The Hall–Kier alpha value is -1.46. The number of morpholine rings is 1. The topological polar surface area (TPSA) is 59.8 Å². The molecule has 0 bridgehead atoms. The summed E-state index contributed by atoms with van der Waals surface area (Å²) in [5, 5.41) is 3.59. The molecule has 3 rings (SSSR count). The summed E-state index contributed by atoms with van der Waals surface area (Å²) in [6, 6.07) is 6.88. The van der Waals surface area contributed by atoms with Gasteiger partial charge >= 0.3 is 0 Å². The number of nitrogens with zero attached hydrogens (tertiary/aromatic N) is 1. The third-order valence-electron chi connectivity index (χ3n) is 5.44. The fraction of sp³-hybridized carbons (Fsp3) is 0.700. The quantitative estimate of drug-likeness (QED) is 0.856. The molecule has 1 aliphatic carbocycles. The molecule has 2 atom stereocenters. The van der Waals surface area contributed by atoms with Crippen LogP contribution in [0, 0.1) is 5.92 Å². The minimum absolute atomic E-state index is 0.255. The van der Waals surface area contributed by atoms with Crippen molar-refractivity contribution in [1.29, 1.82) is 0 Å². The van der Waals surface area contributed by atoms with Gasteiger partial charge in [0.25, 0.3) is 0 Å². The lowest BCUT2D eigenvalue weighted by Gasteiger charge is -2.37. The molecule has 1 unspecified atom stereocenters. The number of hydrogen-bond acceptors (Lipinski definition) is 5. The molecule has 0 radical (unpaired) electrons. The predicted octanol–water partition coefficient (Wildman–Crippen LogP) is 3.24. The van der Waals surface area contributed by atoms with Crippen LogP contribution in [0.2, 0.25) is 0 Å². The Balaban J connectivity index is 1.63. The van der Waals surface area contributed by atoms with Gasteiger partial charge in [0.15, 0.2) is 0 Å². The summed E-state index contributed by atoms with van der Waals surface area (Å²) in [5.41, 5.74) is 8.28. The van der Waals surface area contributed by atoms with Crippen LogP contribution in [-0.2, 0) is 4.74 Å². The van der Waals surface area contributed by atoms with Crippen LogP contribution in [0.4, 0.5) is 11.4 Å². The maximum Gasteiger partial charge on any atom is 0.144 e. The van der Waals surface area contributed by atoms with Crippen LogP contribution in [0.1, 0.15) is 39.5 Å². The summed E-state index contributed by atoms with van der Waals surface area (Å²) in [6.45, 7) is 7.09. The van der Waals surface area contributed by atoms with Crippen molar-refractivity contribution in [2.45, 2.75) is 57.8 Å². The van der Waals surface area contributed by atoms with Crippen molar-refractivity contribution in [1.82, 2.24) is 0 Å². The van der Waals surface area contributed by atoms with E-state index in [-0.39, 0.29) is 12.2 Å². The van der Waals surface area contributed by atoms with Gasteiger partial charge in [-0.1, -0.05) is 0 Å². The third-order valence-corrected chi connectivity index (χ3v) is 5.44. The second kappa shape index (κ2) is 8.28. The second-order valence-electron chi connectivity index (χ2n) is 7.71. The van der Waals surface area contributed by atoms with Crippen LogP contribution >= 0.6 is 0 Å². The van der Waals surface area contributed by atoms with E-state index in [2.05, 4.69) is 42.3 Å². The van der Waals surface area contributed by atoms with Gasteiger partial charge in [-0.3, -0.25) is 0 Å². The predicted molar refractivity (Wildman–Crippen MR) is 104 cm³/mol. The van der Waals surface area contributed by atoms with E-state index in [1.165, 1.54) is 18.5 Å². The standard InChI is InChI=1S/C20H33N3O2/c1-14-12-23(13-15(2)25-14)18-8-9-19(20(10-18)24-3)22-11-16-4-6-17(21)7-5-16/h8-10,14-17,22H,4-7,11-13,21H2,1-3H3/t14-,15?,16?,17?/m1/s1. The SMILES string of the molecule is COc1cc(N2CC(C)O[C@H](C)C2)ccc1NCC1CCC(N)CC1. The van der Waals surface area contributed by atoms with E-state index in [0.717, 1.165) is 43.9 Å². The van der Waals surface area contributed by atoms with Gasteiger partial charge in [0.1, 0.15) is 5.75 Å². The Bertz CT molecular complexity index is 548. The van der Waals surface area contributed by atoms with Gasteiger partial charge in [-0.15, -0.1) is 0 Å². The van der Waals surface area contributed by atoms with Crippen LogP contribution in [-0.4, -0.2) is 45.0 Å². The van der Waals surface area contributed by atoms with Gasteiger partial charge in [-0.2, -0.15) is 0 Å². The van der Waals surface area contributed by atoms with Crippen molar-refractivity contribution in [2.75, 3.05) is 37.0 Å². The highest BCUT2D eigenvalue weighted by molar-refractivity contribution is 5.65. The van der Waals surface area contributed by atoms with Gasteiger partial charge < -0.3 is 25.4 Å². The van der Waals surface area contributed by atoms with Gasteiger partial charge in [-0.25, -0.2) is 0 Å². The summed E-state index contributed by atoms with van der Waals surface area (Å²) >= 11 is 0. The highest BCUT2D eigenvalue weighted by atomic mass is 16.5. The van der Waals surface area contributed by atoms with Crippen LogP contribution in [0.5, 0.6) is 5.75 Å². The number of benzene rings is 1. The van der Waals surface area contributed by atoms with Crippen molar-refractivity contribution < 1.29 is 9.47 Å². The molecule has 25 heavy (non-hydrogen) atoms. The molecule has 1 saturated carbocycles. The first kappa shape index (κ1) is 18.3. The molecule has 1 heterocycles.